The molecule has 1 fully saturated rings. The summed E-state index contributed by atoms with van der Waals surface area (Å²) in [6.07, 6.45) is 0.942. The number of thiophene rings is 1. The van der Waals surface area contributed by atoms with Crippen molar-refractivity contribution in [3.05, 3.63) is 66.8 Å². The number of allylic oxidation sites excluding steroid dienone is 1. The SMILES string of the molecule is C/C=C(/CN1CCC2(CC1)OCC(F)(F)c1cc(Cl)sc12)C(C)=NC.Cc1c(Cl)cccc1CN(C)C.O=C(O)C[C@@H](O)C(=O)O. The van der Waals surface area contributed by atoms with Gasteiger partial charge in [-0.3, -0.25) is 14.7 Å². The highest BCUT2D eigenvalue weighted by Crippen LogP contribution is 2.52. The monoisotopic (exact) mass is 705 g/mol. The van der Waals surface area contributed by atoms with Crippen LogP contribution in [0.5, 0.6) is 0 Å². The number of piperidine rings is 1. The van der Waals surface area contributed by atoms with Gasteiger partial charge in [-0.2, -0.15) is 8.78 Å². The van der Waals surface area contributed by atoms with Crippen molar-refractivity contribution in [1.82, 2.24) is 9.80 Å². The number of hydrogen-bond donors (Lipinski definition) is 3. The minimum absolute atomic E-state index is 0.0605. The predicted octanol–water partition coefficient (Wildman–Crippen LogP) is 6.47. The second-order valence-electron chi connectivity index (χ2n) is 11.4. The molecule has 0 aliphatic carbocycles. The van der Waals surface area contributed by atoms with Crippen molar-refractivity contribution in [2.45, 2.75) is 64.2 Å². The molecule has 256 valence electrons. The first-order valence-corrected chi connectivity index (χ1v) is 16.2. The van der Waals surface area contributed by atoms with Gasteiger partial charge in [-0.05, 0) is 76.5 Å². The summed E-state index contributed by atoms with van der Waals surface area (Å²) in [5, 5.41) is 25.0. The molecule has 4 rings (SSSR count). The molecule has 3 N–H and O–H groups in total. The number of nitrogens with zero attached hydrogens (tertiary/aromatic N) is 3. The van der Waals surface area contributed by atoms with Crippen LogP contribution in [0.4, 0.5) is 8.78 Å². The van der Waals surface area contributed by atoms with Gasteiger partial charge in [0.05, 0.1) is 10.8 Å². The van der Waals surface area contributed by atoms with Gasteiger partial charge < -0.3 is 25.0 Å². The van der Waals surface area contributed by atoms with Crippen molar-refractivity contribution >= 4 is 52.2 Å². The van der Waals surface area contributed by atoms with Crippen LogP contribution in [0.3, 0.4) is 0 Å². The molecule has 0 amide bonds. The summed E-state index contributed by atoms with van der Waals surface area (Å²) in [5.74, 6) is -5.80. The number of carbonyl (C=O) groups is 2. The lowest BCUT2D eigenvalue weighted by atomic mass is 9.84. The standard InChI is InChI=1S/C18H23ClF2N2OS.C10H14ClN.C4H6O5/c1-4-13(12(2)22-3)10-23-7-5-17(6-8-23)16-14(9-15(19)25-16)18(20,21)11-24-17;1-8-9(7-12(2)3)5-4-6-10(8)11;5-2(4(8)9)1-3(6)7/h4,9H,5-8,10-11H2,1-3H3;4-6H,7H2,1-3H3;2,5H,1H2,(H,6,7)(H,8,9)/b13-4-,22-12?;;/t;;2-/m..1/s1. The number of hydrogen-bond acceptors (Lipinski definition) is 8. The molecule has 1 aromatic heterocycles. The van der Waals surface area contributed by atoms with E-state index >= 15 is 0 Å². The third kappa shape index (κ3) is 11.1. The van der Waals surface area contributed by atoms with E-state index in [9.17, 15) is 18.4 Å². The molecule has 2 aliphatic rings. The van der Waals surface area contributed by atoms with Gasteiger partial charge in [-0.25, -0.2) is 4.79 Å². The van der Waals surface area contributed by atoms with Crippen LogP contribution in [-0.2, 0) is 32.4 Å². The minimum Gasteiger partial charge on any atom is -0.481 e. The number of ether oxygens (including phenoxy) is 1. The molecule has 2 aliphatic heterocycles. The van der Waals surface area contributed by atoms with E-state index in [-0.39, 0.29) is 5.56 Å². The number of likely N-dealkylation sites (tertiary alicyclic amines) is 1. The molecule has 2 aromatic rings. The molecule has 1 atom stereocenters. The van der Waals surface area contributed by atoms with Gasteiger partial charge in [0, 0.05) is 54.4 Å². The topological polar surface area (TPSA) is 123 Å². The summed E-state index contributed by atoms with van der Waals surface area (Å²) >= 11 is 13.3. The largest absolute Gasteiger partial charge is 0.481 e. The van der Waals surface area contributed by atoms with Gasteiger partial charge in [0.15, 0.2) is 6.10 Å². The average molecular weight is 707 g/mol. The second kappa shape index (κ2) is 17.6. The molecule has 1 spiro atoms. The molecular weight excluding hydrogens is 663 g/mol. The Balaban J connectivity index is 0.000000291. The predicted molar refractivity (Wildman–Crippen MR) is 179 cm³/mol. The number of alkyl halides is 2. The Morgan fingerprint density at radius 2 is 1.85 bits per heavy atom. The number of rotatable bonds is 8. The lowest BCUT2D eigenvalue weighted by Gasteiger charge is -2.45. The Hall–Kier alpha value is -2.45. The van der Waals surface area contributed by atoms with Crippen LogP contribution in [0.2, 0.25) is 9.36 Å². The highest BCUT2D eigenvalue weighted by molar-refractivity contribution is 7.16. The number of fused-ring (bicyclic) bond motifs is 2. The molecule has 9 nitrogen and oxygen atoms in total. The van der Waals surface area contributed by atoms with Crippen LogP contribution < -0.4 is 0 Å². The van der Waals surface area contributed by atoms with Gasteiger partial charge in [-0.15, -0.1) is 11.3 Å². The zero-order valence-corrected chi connectivity index (χ0v) is 29.3. The lowest BCUT2D eigenvalue weighted by Crippen LogP contribution is -2.49. The van der Waals surface area contributed by atoms with Crippen LogP contribution in [0.25, 0.3) is 0 Å². The molecule has 1 aromatic carbocycles. The van der Waals surface area contributed by atoms with Crippen molar-refractivity contribution in [3.8, 4) is 0 Å². The third-order valence-corrected chi connectivity index (χ3v) is 9.62. The number of benzene rings is 1. The van der Waals surface area contributed by atoms with Crippen LogP contribution in [0, 0.1) is 6.92 Å². The van der Waals surface area contributed by atoms with Gasteiger partial charge >= 0.3 is 11.9 Å². The molecule has 0 unspecified atom stereocenters. The second-order valence-corrected chi connectivity index (χ2v) is 13.5. The molecule has 0 bridgehead atoms. The van der Waals surface area contributed by atoms with E-state index in [1.807, 2.05) is 26.0 Å². The highest BCUT2D eigenvalue weighted by Gasteiger charge is 2.51. The van der Waals surface area contributed by atoms with Gasteiger partial charge in [0.1, 0.15) is 12.2 Å². The summed E-state index contributed by atoms with van der Waals surface area (Å²) in [4.78, 5) is 28.8. The minimum atomic E-state index is -2.95. The average Bonchev–Trinajstić information content (AvgIpc) is 3.41. The number of carboxylic acids is 2. The maximum Gasteiger partial charge on any atom is 0.333 e. The zero-order chi connectivity index (χ0) is 34.8. The summed E-state index contributed by atoms with van der Waals surface area (Å²) in [5.41, 5.74) is 4.17. The van der Waals surface area contributed by atoms with Crippen molar-refractivity contribution < 1.29 is 38.4 Å². The van der Waals surface area contributed by atoms with Crippen molar-refractivity contribution in [1.29, 1.82) is 0 Å². The Bertz CT molecular complexity index is 1410. The first-order chi connectivity index (χ1) is 21.5. The van der Waals surface area contributed by atoms with Crippen LogP contribution in [0.15, 0.2) is 40.9 Å². The molecule has 14 heteroatoms. The number of aliphatic carboxylic acids is 2. The van der Waals surface area contributed by atoms with E-state index in [1.165, 1.54) is 34.1 Å². The number of aliphatic imine (C=N–C) groups is 1. The fourth-order valence-corrected chi connectivity index (χ4v) is 6.68. The van der Waals surface area contributed by atoms with Gasteiger partial charge in [0.2, 0.25) is 0 Å². The van der Waals surface area contributed by atoms with Gasteiger partial charge in [-0.1, -0.05) is 41.4 Å². The third-order valence-electron chi connectivity index (χ3n) is 7.77. The molecule has 1 saturated heterocycles. The van der Waals surface area contributed by atoms with Crippen molar-refractivity contribution in [2.75, 3.05) is 47.4 Å². The summed E-state index contributed by atoms with van der Waals surface area (Å²) < 4.78 is 34.5. The number of carboxylic acid groups (broad SMARTS) is 2. The van der Waals surface area contributed by atoms with Gasteiger partial charge in [0.25, 0.3) is 5.92 Å². The van der Waals surface area contributed by atoms with E-state index < -0.39 is 42.6 Å². The fraction of sp³-hybridized carbons (Fsp3) is 0.531. The first kappa shape index (κ1) is 39.7. The Morgan fingerprint density at radius 3 is 2.35 bits per heavy atom. The molecule has 0 radical (unpaired) electrons. The highest BCUT2D eigenvalue weighted by atomic mass is 35.5. The maximum atomic E-state index is 14.2. The Labute approximate surface area is 283 Å². The quantitative estimate of drug-likeness (QED) is 0.267. The Kier molecular flexibility index (Phi) is 15.2. The smallest absolute Gasteiger partial charge is 0.333 e. The molecular formula is C32H43Cl2F2N3O6S. The van der Waals surface area contributed by atoms with E-state index in [0.717, 1.165) is 36.9 Å². The number of aliphatic hydroxyl groups is 1. The van der Waals surface area contributed by atoms with E-state index in [1.54, 1.807) is 7.05 Å². The fourth-order valence-electron chi connectivity index (χ4n) is 5.00. The van der Waals surface area contributed by atoms with Crippen LogP contribution in [0.1, 0.15) is 54.7 Å². The maximum absolute atomic E-state index is 14.2. The number of aliphatic hydroxyl groups excluding tert-OH is 1. The summed E-state index contributed by atoms with van der Waals surface area (Å²) in [6, 6.07) is 7.45. The Morgan fingerprint density at radius 1 is 1.22 bits per heavy atom. The summed E-state index contributed by atoms with van der Waals surface area (Å²) in [6.45, 7) is 8.89. The van der Waals surface area contributed by atoms with Crippen LogP contribution in [-0.4, -0.2) is 96.3 Å². The van der Waals surface area contributed by atoms with E-state index in [2.05, 4.69) is 48.0 Å². The number of halogens is 4. The first-order valence-electron chi connectivity index (χ1n) is 14.6. The summed E-state index contributed by atoms with van der Waals surface area (Å²) in [7, 11) is 5.91. The van der Waals surface area contributed by atoms with Crippen molar-refractivity contribution in [3.63, 3.8) is 0 Å². The zero-order valence-electron chi connectivity index (χ0n) is 26.9. The molecule has 46 heavy (non-hydrogen) atoms. The van der Waals surface area contributed by atoms with E-state index in [0.29, 0.717) is 22.1 Å². The lowest BCUT2D eigenvalue weighted by molar-refractivity contribution is -0.181. The van der Waals surface area contributed by atoms with E-state index in [4.69, 9.17) is 43.3 Å². The normalized spacial score (nSPS) is 18.2. The molecule has 0 saturated carbocycles. The van der Waals surface area contributed by atoms with Crippen molar-refractivity contribution in [2.24, 2.45) is 4.99 Å². The van der Waals surface area contributed by atoms with Crippen LogP contribution >= 0.6 is 34.5 Å². The molecule has 3 heterocycles.